The summed E-state index contributed by atoms with van der Waals surface area (Å²) in [7, 11) is 0. The number of ether oxygens (including phenoxy) is 2. The Kier molecular flexibility index (Phi) is 5.55. The average molecular weight is 530 g/mol. The molecule has 6 rings (SSSR count). The minimum absolute atomic E-state index is 0.147. The minimum atomic E-state index is -2.19. The Hall–Kier alpha value is -4.14. The summed E-state index contributed by atoms with van der Waals surface area (Å²) in [4.78, 5) is 68.5. The quantitative estimate of drug-likeness (QED) is 0.283. The van der Waals surface area contributed by atoms with Gasteiger partial charge in [-0.15, -0.1) is 0 Å². The topological polar surface area (TPSA) is 107 Å². The number of amides is 2. The molecule has 3 aromatic rings. The lowest BCUT2D eigenvalue weighted by molar-refractivity contribution is -0.127. The first-order valence-corrected chi connectivity index (χ1v) is 12.4. The zero-order valence-corrected chi connectivity index (χ0v) is 20.8. The number of halogens is 1. The SMILES string of the molecule is CCOC(=O)c1ccc(N2C(=O)[C@H]3[C@@H](c4ccccc4Cl)OC4(C(=O)c5ccccc5C4=O)[C@@H]3C2=O)cc1. The molecule has 3 aromatic carbocycles. The molecule has 38 heavy (non-hydrogen) atoms. The van der Waals surface area contributed by atoms with E-state index in [1.54, 1.807) is 43.3 Å². The van der Waals surface area contributed by atoms with Gasteiger partial charge in [0.05, 0.1) is 35.8 Å². The molecule has 2 amide bonds. The molecule has 2 heterocycles. The van der Waals surface area contributed by atoms with Crippen LogP contribution in [-0.2, 0) is 19.1 Å². The van der Waals surface area contributed by atoms with E-state index >= 15 is 0 Å². The van der Waals surface area contributed by atoms with Gasteiger partial charge < -0.3 is 9.47 Å². The second-order valence-corrected chi connectivity index (χ2v) is 9.69. The van der Waals surface area contributed by atoms with Gasteiger partial charge in [0.1, 0.15) is 0 Å². The van der Waals surface area contributed by atoms with Gasteiger partial charge in [0.2, 0.25) is 29.0 Å². The zero-order valence-electron chi connectivity index (χ0n) is 20.1. The Morgan fingerprint density at radius 2 is 1.50 bits per heavy atom. The standard InChI is InChI=1S/C29H20ClNO7/c1-2-37-28(36)15-11-13-16(14-12-15)31-26(34)21-22(27(31)35)29(38-23(21)19-9-5-6-10-20(19)30)24(32)17-7-3-4-8-18(17)25(29)33/h3-14,21-23H,2H2,1H3/t21-,22+,23-/m1/s1. The second-order valence-electron chi connectivity index (χ2n) is 9.28. The summed E-state index contributed by atoms with van der Waals surface area (Å²) in [6, 6.07) is 18.7. The van der Waals surface area contributed by atoms with Gasteiger partial charge in [-0.25, -0.2) is 9.69 Å². The summed E-state index contributed by atoms with van der Waals surface area (Å²) in [6.07, 6.45) is -1.11. The van der Waals surface area contributed by atoms with Crippen LogP contribution < -0.4 is 4.90 Å². The largest absolute Gasteiger partial charge is 0.462 e. The lowest BCUT2D eigenvalue weighted by Gasteiger charge is -2.27. The van der Waals surface area contributed by atoms with E-state index in [1.807, 2.05) is 0 Å². The van der Waals surface area contributed by atoms with Crippen molar-refractivity contribution in [3.63, 3.8) is 0 Å². The van der Waals surface area contributed by atoms with Crippen LogP contribution in [0.3, 0.4) is 0 Å². The average Bonchev–Trinajstić information content (AvgIpc) is 3.49. The van der Waals surface area contributed by atoms with Crippen molar-refractivity contribution in [1.82, 2.24) is 0 Å². The van der Waals surface area contributed by atoms with Crippen LogP contribution in [0.2, 0.25) is 5.02 Å². The first-order chi connectivity index (χ1) is 18.3. The van der Waals surface area contributed by atoms with Crippen molar-refractivity contribution in [2.45, 2.75) is 18.6 Å². The van der Waals surface area contributed by atoms with E-state index in [0.717, 1.165) is 4.90 Å². The monoisotopic (exact) mass is 529 g/mol. The summed E-state index contributed by atoms with van der Waals surface area (Å²) < 4.78 is 11.2. The number of benzene rings is 3. The number of Topliss-reactive ketones (excluding diaryl/α,β-unsaturated/α-hetero) is 2. The number of anilines is 1. The normalized spacial score (nSPS) is 23.2. The molecule has 0 saturated carbocycles. The van der Waals surface area contributed by atoms with E-state index in [0.29, 0.717) is 5.56 Å². The molecule has 2 fully saturated rings. The van der Waals surface area contributed by atoms with E-state index in [1.165, 1.54) is 36.4 Å². The molecule has 0 aromatic heterocycles. The summed E-state index contributed by atoms with van der Waals surface area (Å²) in [5.41, 5.74) is -1.05. The molecule has 1 spiro atoms. The summed E-state index contributed by atoms with van der Waals surface area (Å²) in [6.45, 7) is 1.88. The molecule has 2 aliphatic heterocycles. The first-order valence-electron chi connectivity index (χ1n) is 12.1. The van der Waals surface area contributed by atoms with Crippen LogP contribution >= 0.6 is 11.6 Å². The van der Waals surface area contributed by atoms with Crippen molar-refractivity contribution in [2.75, 3.05) is 11.5 Å². The molecule has 0 radical (unpaired) electrons. The van der Waals surface area contributed by atoms with Crippen LogP contribution in [0.25, 0.3) is 0 Å². The van der Waals surface area contributed by atoms with Crippen LogP contribution in [0.15, 0.2) is 72.8 Å². The van der Waals surface area contributed by atoms with E-state index in [2.05, 4.69) is 0 Å². The number of hydrogen-bond acceptors (Lipinski definition) is 7. The molecule has 2 saturated heterocycles. The van der Waals surface area contributed by atoms with Gasteiger partial charge in [-0.3, -0.25) is 19.2 Å². The van der Waals surface area contributed by atoms with Crippen LogP contribution in [0.4, 0.5) is 5.69 Å². The first kappa shape index (κ1) is 24.2. The molecule has 1 aliphatic carbocycles. The van der Waals surface area contributed by atoms with E-state index in [4.69, 9.17) is 21.1 Å². The van der Waals surface area contributed by atoms with Gasteiger partial charge in [-0.2, -0.15) is 0 Å². The number of imide groups is 1. The molecule has 0 N–H and O–H groups in total. The highest BCUT2D eigenvalue weighted by Gasteiger charge is 2.74. The molecule has 3 aliphatic rings. The summed E-state index contributed by atoms with van der Waals surface area (Å²) >= 11 is 6.46. The minimum Gasteiger partial charge on any atom is -0.462 e. The number of carbonyl (C=O) groups is 5. The lowest BCUT2D eigenvalue weighted by Crippen LogP contribution is -2.51. The van der Waals surface area contributed by atoms with Gasteiger partial charge in [-0.1, -0.05) is 54.1 Å². The Morgan fingerprint density at radius 3 is 2.11 bits per heavy atom. The van der Waals surface area contributed by atoms with Gasteiger partial charge in [0.25, 0.3) is 0 Å². The summed E-state index contributed by atoms with van der Waals surface area (Å²) in [5, 5.41) is 0.279. The molecule has 8 nitrogen and oxygen atoms in total. The van der Waals surface area contributed by atoms with Crippen LogP contribution in [0.5, 0.6) is 0 Å². The Bertz CT molecular complexity index is 1510. The summed E-state index contributed by atoms with van der Waals surface area (Å²) in [5.74, 6) is -5.76. The van der Waals surface area contributed by atoms with Gasteiger partial charge in [0.15, 0.2) is 0 Å². The molecular formula is C29H20ClNO7. The molecule has 0 unspecified atom stereocenters. The maximum atomic E-state index is 14.0. The number of esters is 1. The Balaban J connectivity index is 1.48. The van der Waals surface area contributed by atoms with E-state index in [9.17, 15) is 24.0 Å². The fourth-order valence-electron chi connectivity index (χ4n) is 5.72. The Morgan fingerprint density at radius 1 is 0.895 bits per heavy atom. The van der Waals surface area contributed by atoms with Crippen molar-refractivity contribution < 1.29 is 33.4 Å². The number of fused-ring (bicyclic) bond motifs is 3. The van der Waals surface area contributed by atoms with Gasteiger partial charge in [-0.05, 0) is 37.3 Å². The highest BCUT2D eigenvalue weighted by molar-refractivity contribution is 6.37. The molecule has 190 valence electrons. The van der Waals surface area contributed by atoms with E-state index < -0.39 is 52.9 Å². The maximum Gasteiger partial charge on any atom is 0.338 e. The van der Waals surface area contributed by atoms with Gasteiger partial charge >= 0.3 is 5.97 Å². The third-order valence-corrected chi connectivity index (χ3v) is 7.71. The van der Waals surface area contributed by atoms with Gasteiger partial charge in [0, 0.05) is 21.7 Å². The van der Waals surface area contributed by atoms with Crippen LogP contribution in [0, 0.1) is 11.8 Å². The van der Waals surface area contributed by atoms with Crippen molar-refractivity contribution in [3.05, 3.63) is 100 Å². The number of carbonyl (C=O) groups excluding carboxylic acids is 5. The highest BCUT2D eigenvalue weighted by Crippen LogP contribution is 2.58. The molecule has 9 heteroatoms. The highest BCUT2D eigenvalue weighted by atomic mass is 35.5. The number of rotatable bonds is 4. The number of nitrogens with zero attached hydrogens (tertiary/aromatic N) is 1. The van der Waals surface area contributed by atoms with Crippen molar-refractivity contribution in [3.8, 4) is 0 Å². The Labute approximate surface area is 222 Å². The van der Waals surface area contributed by atoms with E-state index in [-0.39, 0.29) is 34.0 Å². The predicted molar refractivity (Wildman–Crippen MR) is 135 cm³/mol. The van der Waals surface area contributed by atoms with Crippen LogP contribution in [-0.4, -0.2) is 41.6 Å². The zero-order chi connectivity index (χ0) is 26.8. The van der Waals surface area contributed by atoms with Crippen molar-refractivity contribution >= 4 is 46.6 Å². The molecule has 3 atom stereocenters. The lowest BCUT2D eigenvalue weighted by atomic mass is 9.77. The van der Waals surface area contributed by atoms with Crippen molar-refractivity contribution in [1.29, 1.82) is 0 Å². The third kappa shape index (κ3) is 3.17. The predicted octanol–water partition coefficient (Wildman–Crippen LogP) is 4.21. The smallest absolute Gasteiger partial charge is 0.338 e. The third-order valence-electron chi connectivity index (χ3n) is 7.37. The van der Waals surface area contributed by atoms with Crippen molar-refractivity contribution in [2.24, 2.45) is 11.8 Å². The molecule has 0 bridgehead atoms. The fourth-order valence-corrected chi connectivity index (χ4v) is 5.96. The number of ketones is 2. The van der Waals surface area contributed by atoms with Crippen LogP contribution in [0.1, 0.15) is 49.7 Å². The molecular weight excluding hydrogens is 510 g/mol. The second kappa shape index (κ2) is 8.72. The maximum absolute atomic E-state index is 14.0. The fraction of sp³-hybridized carbons (Fsp3) is 0.207. The number of hydrogen-bond donors (Lipinski definition) is 0.